The van der Waals surface area contributed by atoms with Crippen LogP contribution in [0.1, 0.15) is 12.5 Å². The highest BCUT2D eigenvalue weighted by Gasteiger charge is 2.04. The Morgan fingerprint density at radius 2 is 1.93 bits per heavy atom. The summed E-state index contributed by atoms with van der Waals surface area (Å²) in [5.74, 6) is 1.47. The molecular weight excluding hydrogens is 190 g/mol. The summed E-state index contributed by atoms with van der Waals surface area (Å²) >= 11 is 0. The number of methoxy groups -OCH3 is 2. The van der Waals surface area contributed by atoms with Gasteiger partial charge in [0.2, 0.25) is 0 Å². The lowest BCUT2D eigenvalue weighted by Gasteiger charge is -2.09. The van der Waals surface area contributed by atoms with E-state index < -0.39 is 0 Å². The van der Waals surface area contributed by atoms with Crippen LogP contribution < -0.4 is 15.2 Å². The molecule has 2 N–H and O–H groups in total. The van der Waals surface area contributed by atoms with E-state index in [1.54, 1.807) is 14.2 Å². The van der Waals surface area contributed by atoms with Crippen LogP contribution in [0.4, 0.5) is 0 Å². The molecule has 1 aromatic rings. The third-order valence-corrected chi connectivity index (χ3v) is 2.26. The van der Waals surface area contributed by atoms with Crippen molar-refractivity contribution < 1.29 is 9.47 Å². The van der Waals surface area contributed by atoms with Crippen molar-refractivity contribution in [3.05, 3.63) is 29.8 Å². The highest BCUT2D eigenvalue weighted by Crippen LogP contribution is 2.29. The number of hydrogen-bond donors (Lipinski definition) is 1. The summed E-state index contributed by atoms with van der Waals surface area (Å²) in [7, 11) is 3.25. The van der Waals surface area contributed by atoms with E-state index >= 15 is 0 Å². The second-order valence-corrected chi connectivity index (χ2v) is 3.19. The molecule has 0 spiro atoms. The second-order valence-electron chi connectivity index (χ2n) is 3.19. The molecular formula is C12H17NO2. The van der Waals surface area contributed by atoms with Crippen molar-refractivity contribution in [1.29, 1.82) is 0 Å². The van der Waals surface area contributed by atoms with Gasteiger partial charge in [0.05, 0.1) is 14.2 Å². The van der Waals surface area contributed by atoms with Crippen molar-refractivity contribution in [3.8, 4) is 11.5 Å². The molecule has 0 aliphatic heterocycles. The van der Waals surface area contributed by atoms with Gasteiger partial charge in [-0.25, -0.2) is 0 Å². The molecule has 3 nitrogen and oxygen atoms in total. The number of hydrogen-bond acceptors (Lipinski definition) is 3. The summed E-state index contributed by atoms with van der Waals surface area (Å²) in [5, 5.41) is 0. The monoisotopic (exact) mass is 207 g/mol. The molecule has 0 saturated heterocycles. The molecule has 0 aliphatic carbocycles. The molecule has 0 saturated carbocycles. The van der Waals surface area contributed by atoms with Crippen molar-refractivity contribution >= 4 is 5.57 Å². The summed E-state index contributed by atoms with van der Waals surface area (Å²) in [5.41, 5.74) is 7.69. The van der Waals surface area contributed by atoms with Gasteiger partial charge in [0.25, 0.3) is 0 Å². The van der Waals surface area contributed by atoms with Crippen LogP contribution in [0.3, 0.4) is 0 Å². The molecule has 1 rings (SSSR count). The first-order valence-corrected chi connectivity index (χ1v) is 4.82. The maximum absolute atomic E-state index is 5.46. The molecule has 0 bridgehead atoms. The molecule has 0 unspecified atom stereocenters. The van der Waals surface area contributed by atoms with E-state index in [9.17, 15) is 0 Å². The predicted molar refractivity (Wildman–Crippen MR) is 62.3 cm³/mol. The highest BCUT2D eigenvalue weighted by atomic mass is 16.5. The Hall–Kier alpha value is -1.48. The summed E-state index contributed by atoms with van der Waals surface area (Å²) in [6.45, 7) is 2.56. The van der Waals surface area contributed by atoms with Crippen LogP contribution in [0, 0.1) is 0 Å². The summed E-state index contributed by atoms with van der Waals surface area (Å²) in [4.78, 5) is 0. The lowest BCUT2D eigenvalue weighted by Crippen LogP contribution is -1.95. The Morgan fingerprint density at radius 3 is 2.47 bits per heavy atom. The van der Waals surface area contributed by atoms with E-state index in [1.165, 1.54) is 0 Å². The minimum absolute atomic E-state index is 0.542. The summed E-state index contributed by atoms with van der Waals surface area (Å²) in [6, 6.07) is 5.82. The third-order valence-electron chi connectivity index (χ3n) is 2.26. The third kappa shape index (κ3) is 2.73. The highest BCUT2D eigenvalue weighted by molar-refractivity contribution is 5.66. The van der Waals surface area contributed by atoms with Crippen LogP contribution in [0.15, 0.2) is 24.3 Å². The molecule has 15 heavy (non-hydrogen) atoms. The largest absolute Gasteiger partial charge is 0.493 e. The topological polar surface area (TPSA) is 44.5 Å². The minimum Gasteiger partial charge on any atom is -0.493 e. The number of allylic oxidation sites excluding steroid dienone is 1. The van der Waals surface area contributed by atoms with Crippen molar-refractivity contribution in [1.82, 2.24) is 0 Å². The molecule has 0 amide bonds. The number of benzene rings is 1. The first kappa shape index (κ1) is 11.6. The quantitative estimate of drug-likeness (QED) is 0.822. The molecule has 3 heteroatoms. The van der Waals surface area contributed by atoms with Gasteiger partial charge in [-0.1, -0.05) is 12.1 Å². The zero-order valence-electron chi connectivity index (χ0n) is 9.41. The van der Waals surface area contributed by atoms with Crippen molar-refractivity contribution in [2.75, 3.05) is 20.8 Å². The molecule has 0 fully saturated rings. The molecule has 1 aromatic carbocycles. The van der Waals surface area contributed by atoms with Crippen molar-refractivity contribution in [3.63, 3.8) is 0 Å². The Balaban J connectivity index is 3.08. The van der Waals surface area contributed by atoms with Gasteiger partial charge in [-0.15, -0.1) is 0 Å². The van der Waals surface area contributed by atoms with Crippen LogP contribution in [-0.2, 0) is 0 Å². The molecule has 0 radical (unpaired) electrons. The Morgan fingerprint density at radius 1 is 1.27 bits per heavy atom. The molecule has 82 valence electrons. The van der Waals surface area contributed by atoms with Gasteiger partial charge in [0.15, 0.2) is 11.5 Å². The van der Waals surface area contributed by atoms with Crippen LogP contribution in [0.25, 0.3) is 5.57 Å². The molecule has 0 aromatic heterocycles. The van der Waals surface area contributed by atoms with Crippen LogP contribution in [0.5, 0.6) is 11.5 Å². The lowest BCUT2D eigenvalue weighted by molar-refractivity contribution is 0.355. The van der Waals surface area contributed by atoms with Gasteiger partial charge >= 0.3 is 0 Å². The van der Waals surface area contributed by atoms with Gasteiger partial charge in [-0.3, -0.25) is 0 Å². The van der Waals surface area contributed by atoms with Crippen LogP contribution in [0.2, 0.25) is 0 Å². The molecule has 0 atom stereocenters. The second kappa shape index (κ2) is 5.41. The predicted octanol–water partition coefficient (Wildman–Crippen LogP) is 2.07. The SMILES string of the molecule is COc1ccc(C(C)=CCN)cc1OC. The maximum atomic E-state index is 5.46. The zero-order chi connectivity index (χ0) is 11.3. The van der Waals surface area contributed by atoms with Crippen molar-refractivity contribution in [2.24, 2.45) is 5.73 Å². The Bertz CT molecular complexity index is 359. The lowest BCUT2D eigenvalue weighted by atomic mass is 10.1. The Kier molecular flexibility index (Phi) is 4.18. The minimum atomic E-state index is 0.542. The smallest absolute Gasteiger partial charge is 0.161 e. The van der Waals surface area contributed by atoms with E-state index in [-0.39, 0.29) is 0 Å². The Labute approximate surface area is 90.5 Å². The van der Waals surface area contributed by atoms with E-state index in [4.69, 9.17) is 15.2 Å². The van der Waals surface area contributed by atoms with Gasteiger partial charge < -0.3 is 15.2 Å². The summed E-state index contributed by atoms with van der Waals surface area (Å²) in [6.07, 6.45) is 1.97. The number of nitrogens with two attached hydrogens (primary N) is 1. The maximum Gasteiger partial charge on any atom is 0.161 e. The fourth-order valence-electron chi connectivity index (χ4n) is 1.38. The summed E-state index contributed by atoms with van der Waals surface area (Å²) < 4.78 is 10.4. The first-order chi connectivity index (χ1) is 7.22. The normalized spacial score (nSPS) is 11.3. The average Bonchev–Trinajstić information content (AvgIpc) is 2.28. The first-order valence-electron chi connectivity index (χ1n) is 4.82. The van der Waals surface area contributed by atoms with Crippen molar-refractivity contribution in [2.45, 2.75) is 6.92 Å². The van der Waals surface area contributed by atoms with Gasteiger partial charge in [0, 0.05) is 6.54 Å². The van der Waals surface area contributed by atoms with Crippen LogP contribution >= 0.6 is 0 Å². The van der Waals surface area contributed by atoms with E-state index in [2.05, 4.69) is 0 Å². The fourth-order valence-corrected chi connectivity index (χ4v) is 1.38. The number of rotatable bonds is 4. The average molecular weight is 207 g/mol. The fraction of sp³-hybridized carbons (Fsp3) is 0.333. The molecule has 0 heterocycles. The van der Waals surface area contributed by atoms with Crippen LogP contribution in [-0.4, -0.2) is 20.8 Å². The van der Waals surface area contributed by atoms with Gasteiger partial charge in [0.1, 0.15) is 0 Å². The standard InChI is InChI=1S/C12H17NO2/c1-9(6-7-13)10-4-5-11(14-2)12(8-10)15-3/h4-6,8H,7,13H2,1-3H3. The van der Waals surface area contributed by atoms with Gasteiger partial charge in [-0.2, -0.15) is 0 Å². The number of ether oxygens (including phenoxy) is 2. The zero-order valence-corrected chi connectivity index (χ0v) is 9.41. The van der Waals surface area contributed by atoms with E-state index in [1.807, 2.05) is 31.2 Å². The van der Waals surface area contributed by atoms with Gasteiger partial charge in [-0.05, 0) is 30.2 Å². The van der Waals surface area contributed by atoms with E-state index in [0.717, 1.165) is 22.6 Å². The molecule has 0 aliphatic rings. The van der Waals surface area contributed by atoms with E-state index in [0.29, 0.717) is 6.54 Å².